The molecule has 6 aromatic rings. The summed E-state index contributed by atoms with van der Waals surface area (Å²) >= 11 is 0. The lowest BCUT2D eigenvalue weighted by Gasteiger charge is -2.04. The highest BCUT2D eigenvalue weighted by atomic mass is 16.4. The van der Waals surface area contributed by atoms with Gasteiger partial charge in [-0.15, -0.1) is 0 Å². The minimum Gasteiger partial charge on any atom is -0.435 e. The lowest BCUT2D eigenvalue weighted by atomic mass is 10.1. The molecule has 0 bridgehead atoms. The Balaban J connectivity index is 1.75. The predicted molar refractivity (Wildman–Crippen MR) is 145 cm³/mol. The van der Waals surface area contributed by atoms with Crippen molar-refractivity contribution in [2.45, 2.75) is 27.7 Å². The summed E-state index contributed by atoms with van der Waals surface area (Å²) < 4.78 is 14.7. The van der Waals surface area contributed by atoms with Gasteiger partial charge in [0, 0.05) is 22.2 Å². The highest BCUT2D eigenvalue weighted by Crippen LogP contribution is 2.25. The molecule has 0 atom stereocenters. The van der Waals surface area contributed by atoms with E-state index in [0.29, 0.717) is 55.1 Å². The second-order valence-electron chi connectivity index (χ2n) is 9.31. The van der Waals surface area contributed by atoms with Crippen LogP contribution < -0.4 is 10.7 Å². The maximum absolute atomic E-state index is 10.2. The SMILES string of the molecule is [B]n1c(C)c2/c(=C(\C#N)c3nc4cc(C)ccc4o3)n([B])c(C)c2/c1=C(\C#N)c1nc2cc(C)ccc2o1. The summed E-state index contributed by atoms with van der Waals surface area (Å²) in [7, 11) is 13.1. The third-order valence-corrected chi connectivity index (χ3v) is 6.86. The fraction of sp³-hybridized carbons (Fsp3) is 0.143. The maximum atomic E-state index is 10.2. The van der Waals surface area contributed by atoms with Crippen LogP contribution in [-0.2, 0) is 0 Å². The van der Waals surface area contributed by atoms with Crippen LogP contribution in [0, 0.1) is 50.4 Å². The first kappa shape index (κ1) is 23.4. The van der Waals surface area contributed by atoms with Crippen molar-refractivity contribution >= 4 is 60.1 Å². The van der Waals surface area contributed by atoms with Crippen molar-refractivity contribution in [1.82, 2.24) is 18.9 Å². The largest absolute Gasteiger partial charge is 0.435 e. The number of oxazole rings is 2. The van der Waals surface area contributed by atoms with Crippen LogP contribution in [0.4, 0.5) is 0 Å². The number of nitriles is 2. The molecule has 4 radical (unpaired) electrons. The molecular weight excluding hydrogens is 474 g/mol. The molecule has 6 rings (SSSR count). The third kappa shape index (κ3) is 3.24. The van der Waals surface area contributed by atoms with Gasteiger partial charge in [0.15, 0.2) is 11.2 Å². The van der Waals surface area contributed by atoms with Crippen molar-refractivity contribution in [2.24, 2.45) is 0 Å². The number of hydrogen-bond acceptors (Lipinski definition) is 6. The summed E-state index contributed by atoms with van der Waals surface area (Å²) in [5.41, 5.74) is 5.91. The minimum atomic E-state index is 0.142. The van der Waals surface area contributed by atoms with E-state index in [-0.39, 0.29) is 22.9 Å². The standard InChI is InChI=1S/C28H18B2N6O2/c1-13-5-7-21-19(9-13)33-27(37-21)17(11-31)25-23-15(3)36(30)26(24(23)16(4)35(25)29)18(12-32)28-34-20-10-14(2)6-8-22(20)38-28/h5-10H,1-4H3/b25-17-,26-18-. The summed E-state index contributed by atoms with van der Waals surface area (Å²) in [5, 5.41) is 22.5. The van der Waals surface area contributed by atoms with Gasteiger partial charge in [-0.05, 0) is 63.1 Å². The molecule has 178 valence electrons. The molecule has 8 nitrogen and oxygen atoms in total. The predicted octanol–water partition coefficient (Wildman–Crippen LogP) is 3.27. The van der Waals surface area contributed by atoms with Gasteiger partial charge >= 0.3 is 0 Å². The van der Waals surface area contributed by atoms with Gasteiger partial charge in [-0.1, -0.05) is 12.1 Å². The summed E-state index contributed by atoms with van der Waals surface area (Å²) in [4.78, 5) is 9.10. The van der Waals surface area contributed by atoms with Gasteiger partial charge < -0.3 is 17.8 Å². The van der Waals surface area contributed by atoms with Crippen LogP contribution in [0.15, 0.2) is 45.2 Å². The molecule has 0 amide bonds. The summed E-state index contributed by atoms with van der Waals surface area (Å²) in [6, 6.07) is 15.7. The molecule has 0 aliphatic carbocycles. The molecule has 4 heterocycles. The Labute approximate surface area is 219 Å². The molecule has 0 fully saturated rings. The van der Waals surface area contributed by atoms with Crippen LogP contribution in [0.3, 0.4) is 0 Å². The Morgan fingerprint density at radius 1 is 0.711 bits per heavy atom. The molecule has 0 aliphatic heterocycles. The first-order chi connectivity index (χ1) is 18.2. The average molecular weight is 492 g/mol. The molecule has 0 saturated heterocycles. The number of benzene rings is 2. The van der Waals surface area contributed by atoms with Crippen LogP contribution in [0.1, 0.15) is 34.3 Å². The molecule has 10 heteroatoms. The molecule has 38 heavy (non-hydrogen) atoms. The second kappa shape index (κ2) is 8.29. The van der Waals surface area contributed by atoms with Gasteiger partial charge in [0.05, 0.1) is 10.7 Å². The van der Waals surface area contributed by atoms with Crippen molar-refractivity contribution in [3.05, 3.63) is 81.4 Å². The third-order valence-electron chi connectivity index (χ3n) is 6.86. The molecule has 2 aromatic carbocycles. The maximum Gasteiger partial charge on any atom is 0.240 e. The van der Waals surface area contributed by atoms with Crippen molar-refractivity contribution in [1.29, 1.82) is 10.5 Å². The van der Waals surface area contributed by atoms with Gasteiger partial charge in [-0.3, -0.25) is 0 Å². The van der Waals surface area contributed by atoms with Crippen LogP contribution in [0.5, 0.6) is 0 Å². The van der Waals surface area contributed by atoms with Gasteiger partial charge in [-0.25, -0.2) is 9.97 Å². The quantitative estimate of drug-likeness (QED) is 0.344. The minimum absolute atomic E-state index is 0.142. The van der Waals surface area contributed by atoms with E-state index < -0.39 is 0 Å². The normalized spacial score (nSPS) is 13.2. The smallest absolute Gasteiger partial charge is 0.240 e. The van der Waals surface area contributed by atoms with Crippen molar-refractivity contribution in [2.75, 3.05) is 0 Å². The number of aryl methyl sites for hydroxylation is 4. The van der Waals surface area contributed by atoms with Crippen LogP contribution in [0.25, 0.3) is 44.1 Å². The summed E-state index contributed by atoms with van der Waals surface area (Å²) in [6.45, 7) is 7.50. The Morgan fingerprint density at radius 3 is 1.47 bits per heavy atom. The molecule has 4 aromatic heterocycles. The van der Waals surface area contributed by atoms with Gasteiger partial charge in [-0.2, -0.15) is 10.5 Å². The zero-order valence-electron chi connectivity index (χ0n) is 21.1. The summed E-state index contributed by atoms with van der Waals surface area (Å²) in [5.74, 6) is 0.285. The fourth-order valence-electron chi connectivity index (χ4n) is 4.94. The first-order valence-corrected chi connectivity index (χ1v) is 11.8. The van der Waals surface area contributed by atoms with E-state index in [1.54, 1.807) is 13.8 Å². The van der Waals surface area contributed by atoms with Crippen molar-refractivity contribution in [3.8, 4) is 12.1 Å². The van der Waals surface area contributed by atoms with E-state index >= 15 is 0 Å². The number of nitrogens with zero attached hydrogens (tertiary/aromatic N) is 6. The van der Waals surface area contributed by atoms with E-state index in [9.17, 15) is 10.5 Å². The number of aromatic nitrogens is 4. The van der Waals surface area contributed by atoms with Crippen LogP contribution >= 0.6 is 0 Å². The number of hydrogen-bond donors (Lipinski definition) is 0. The molecule has 0 unspecified atom stereocenters. The second-order valence-corrected chi connectivity index (χ2v) is 9.31. The lowest BCUT2D eigenvalue weighted by molar-refractivity contribution is 0.585. The van der Waals surface area contributed by atoms with Gasteiger partial charge in [0.2, 0.25) is 27.7 Å². The zero-order valence-corrected chi connectivity index (χ0v) is 21.1. The molecule has 0 N–H and O–H groups in total. The monoisotopic (exact) mass is 492 g/mol. The Bertz CT molecular complexity index is 2020. The molecule has 0 saturated carbocycles. The fourth-order valence-corrected chi connectivity index (χ4v) is 4.94. The first-order valence-electron chi connectivity index (χ1n) is 11.8. The summed E-state index contributed by atoms with van der Waals surface area (Å²) in [6.07, 6.45) is 0. The van der Waals surface area contributed by atoms with E-state index in [1.807, 2.05) is 50.2 Å². The Morgan fingerprint density at radius 2 is 1.11 bits per heavy atom. The van der Waals surface area contributed by atoms with E-state index in [2.05, 4.69) is 22.1 Å². The van der Waals surface area contributed by atoms with Gasteiger partial charge in [0.1, 0.15) is 34.3 Å². The van der Waals surface area contributed by atoms with E-state index in [1.165, 1.54) is 8.96 Å². The number of fused-ring (bicyclic) bond motifs is 3. The Kier molecular flexibility index (Phi) is 5.12. The van der Waals surface area contributed by atoms with Crippen molar-refractivity contribution in [3.63, 3.8) is 0 Å². The molecule has 0 spiro atoms. The highest BCUT2D eigenvalue weighted by molar-refractivity contribution is 6.14. The van der Waals surface area contributed by atoms with E-state index in [4.69, 9.17) is 24.8 Å². The number of rotatable bonds is 2. The van der Waals surface area contributed by atoms with Crippen LogP contribution in [0.2, 0.25) is 0 Å². The molecular formula is C28H18B2N6O2. The van der Waals surface area contributed by atoms with Gasteiger partial charge in [0.25, 0.3) is 0 Å². The van der Waals surface area contributed by atoms with Crippen LogP contribution in [-0.4, -0.2) is 34.9 Å². The Hall–Kier alpha value is -4.95. The lowest BCUT2D eigenvalue weighted by Crippen LogP contribution is -2.23. The topological polar surface area (TPSA) is 110 Å². The zero-order chi connectivity index (χ0) is 26.9. The molecule has 0 aliphatic rings. The van der Waals surface area contributed by atoms with Crippen molar-refractivity contribution < 1.29 is 8.83 Å². The van der Waals surface area contributed by atoms with E-state index in [0.717, 1.165) is 11.1 Å². The highest BCUT2D eigenvalue weighted by Gasteiger charge is 2.24. The average Bonchev–Trinajstić information content (AvgIpc) is 3.62.